The maximum absolute atomic E-state index is 12.1. The summed E-state index contributed by atoms with van der Waals surface area (Å²) in [7, 11) is 1.89. The maximum Gasteiger partial charge on any atom is 0.251 e. The summed E-state index contributed by atoms with van der Waals surface area (Å²) < 4.78 is 5.35. The number of carbonyl (C=O) groups excluding carboxylic acids is 1. The van der Waals surface area contributed by atoms with Crippen molar-refractivity contribution in [1.82, 2.24) is 15.5 Å². The molecule has 0 aromatic heterocycles. The summed E-state index contributed by atoms with van der Waals surface area (Å²) >= 11 is 0. The molecule has 0 aliphatic carbocycles. The Hall–Kier alpha value is -1.43. The van der Waals surface area contributed by atoms with Crippen molar-refractivity contribution in [2.45, 2.75) is 19.5 Å². The van der Waals surface area contributed by atoms with E-state index in [1.807, 2.05) is 32.2 Å². The smallest absolute Gasteiger partial charge is 0.251 e. The van der Waals surface area contributed by atoms with E-state index in [-0.39, 0.29) is 11.9 Å². The monoisotopic (exact) mass is 291 g/mol. The average molecular weight is 291 g/mol. The van der Waals surface area contributed by atoms with Crippen molar-refractivity contribution in [1.29, 1.82) is 0 Å². The molecular weight excluding hydrogens is 266 g/mol. The fourth-order valence-corrected chi connectivity index (χ4v) is 2.28. The Morgan fingerprint density at radius 2 is 2.14 bits per heavy atom. The molecule has 2 rings (SSSR count). The van der Waals surface area contributed by atoms with E-state index in [0.717, 1.165) is 38.4 Å². The van der Waals surface area contributed by atoms with Crippen molar-refractivity contribution in [3.8, 4) is 0 Å². The highest BCUT2D eigenvalue weighted by atomic mass is 16.5. The van der Waals surface area contributed by atoms with Crippen LogP contribution in [0.2, 0.25) is 0 Å². The van der Waals surface area contributed by atoms with Crippen LogP contribution in [0.4, 0.5) is 0 Å². The minimum absolute atomic E-state index is 0.0130. The topological polar surface area (TPSA) is 53.6 Å². The van der Waals surface area contributed by atoms with Gasteiger partial charge < -0.3 is 15.4 Å². The zero-order valence-electron chi connectivity index (χ0n) is 12.9. The van der Waals surface area contributed by atoms with Crippen LogP contribution < -0.4 is 10.6 Å². The lowest BCUT2D eigenvalue weighted by molar-refractivity contribution is 0.0342. The van der Waals surface area contributed by atoms with Crippen molar-refractivity contribution in [3.05, 3.63) is 35.4 Å². The third-order valence-corrected chi connectivity index (χ3v) is 3.76. The highest BCUT2D eigenvalue weighted by molar-refractivity contribution is 5.94. The van der Waals surface area contributed by atoms with Gasteiger partial charge in [-0.2, -0.15) is 0 Å². The zero-order chi connectivity index (χ0) is 15.1. The number of hydrogen-bond acceptors (Lipinski definition) is 4. The number of nitrogens with zero attached hydrogens (tertiary/aromatic N) is 1. The van der Waals surface area contributed by atoms with Crippen LogP contribution in [0.3, 0.4) is 0 Å². The van der Waals surface area contributed by atoms with Gasteiger partial charge >= 0.3 is 0 Å². The first-order chi connectivity index (χ1) is 10.2. The van der Waals surface area contributed by atoms with Crippen molar-refractivity contribution in [3.63, 3.8) is 0 Å². The predicted octanol–water partition coefficient (Wildman–Crippen LogP) is 0.857. The Morgan fingerprint density at radius 1 is 1.38 bits per heavy atom. The van der Waals surface area contributed by atoms with Gasteiger partial charge in [-0.15, -0.1) is 0 Å². The first kappa shape index (κ1) is 15.9. The Bertz CT molecular complexity index is 459. The van der Waals surface area contributed by atoms with E-state index in [2.05, 4.69) is 21.6 Å². The second-order valence-electron chi connectivity index (χ2n) is 5.49. The van der Waals surface area contributed by atoms with Gasteiger partial charge in [0.2, 0.25) is 0 Å². The second-order valence-corrected chi connectivity index (χ2v) is 5.49. The summed E-state index contributed by atoms with van der Waals surface area (Å²) in [5.74, 6) is -0.0130. The van der Waals surface area contributed by atoms with Crippen molar-refractivity contribution >= 4 is 5.91 Å². The number of ether oxygens (including phenoxy) is 1. The molecule has 1 unspecified atom stereocenters. The minimum atomic E-state index is -0.0130. The number of benzene rings is 1. The number of amides is 1. The lowest BCUT2D eigenvalue weighted by Gasteiger charge is -2.26. The molecule has 1 fully saturated rings. The fraction of sp³-hybridized carbons (Fsp3) is 0.562. The first-order valence-electron chi connectivity index (χ1n) is 7.53. The van der Waals surface area contributed by atoms with Crippen LogP contribution in [-0.2, 0) is 11.3 Å². The van der Waals surface area contributed by atoms with Gasteiger partial charge in [0.25, 0.3) is 5.91 Å². The van der Waals surface area contributed by atoms with Gasteiger partial charge in [0.1, 0.15) is 0 Å². The summed E-state index contributed by atoms with van der Waals surface area (Å²) in [5.41, 5.74) is 1.90. The molecule has 1 amide bonds. The van der Waals surface area contributed by atoms with E-state index in [4.69, 9.17) is 4.74 Å². The van der Waals surface area contributed by atoms with E-state index in [0.29, 0.717) is 6.54 Å². The highest BCUT2D eigenvalue weighted by Crippen LogP contribution is 2.10. The molecule has 1 aromatic carbocycles. The predicted molar refractivity (Wildman–Crippen MR) is 83.4 cm³/mol. The number of nitrogens with one attached hydrogen (secondary N) is 2. The highest BCUT2D eigenvalue weighted by Gasteiger charge is 2.12. The second kappa shape index (κ2) is 8.12. The molecule has 1 saturated heterocycles. The molecule has 0 bridgehead atoms. The molecule has 1 aliphatic heterocycles. The SMILES string of the molecule is CNC(C)CNC(=O)c1cccc(CN2CCOCC2)c1. The summed E-state index contributed by atoms with van der Waals surface area (Å²) in [6.45, 7) is 7.03. The lowest BCUT2D eigenvalue weighted by atomic mass is 10.1. The number of likely N-dealkylation sites (N-methyl/N-ethyl adjacent to an activating group) is 1. The molecule has 0 spiro atoms. The summed E-state index contributed by atoms with van der Waals surface area (Å²) in [5, 5.41) is 6.05. The molecule has 1 aliphatic rings. The standard InChI is InChI=1S/C16H25N3O2/c1-13(17-2)11-18-16(20)15-5-3-4-14(10-15)12-19-6-8-21-9-7-19/h3-5,10,13,17H,6-9,11-12H2,1-2H3,(H,18,20). The van der Waals surface area contributed by atoms with Crippen molar-refractivity contribution < 1.29 is 9.53 Å². The van der Waals surface area contributed by atoms with Crippen LogP contribution >= 0.6 is 0 Å². The molecule has 5 nitrogen and oxygen atoms in total. The molecule has 0 radical (unpaired) electrons. The van der Waals surface area contributed by atoms with E-state index in [1.54, 1.807) is 0 Å². The van der Waals surface area contributed by atoms with Gasteiger partial charge in [0, 0.05) is 37.8 Å². The van der Waals surface area contributed by atoms with Crippen molar-refractivity contribution in [2.24, 2.45) is 0 Å². The molecule has 1 aromatic rings. The number of morpholine rings is 1. The molecule has 1 atom stereocenters. The first-order valence-corrected chi connectivity index (χ1v) is 7.53. The largest absolute Gasteiger partial charge is 0.379 e. The Balaban J connectivity index is 1.91. The molecule has 0 saturated carbocycles. The normalized spacial score (nSPS) is 17.4. The molecular formula is C16H25N3O2. The maximum atomic E-state index is 12.1. The molecule has 21 heavy (non-hydrogen) atoms. The molecule has 5 heteroatoms. The summed E-state index contributed by atoms with van der Waals surface area (Å²) in [6.07, 6.45) is 0. The van der Waals surface area contributed by atoms with E-state index in [9.17, 15) is 4.79 Å². The fourth-order valence-electron chi connectivity index (χ4n) is 2.28. The van der Waals surface area contributed by atoms with Crippen LogP contribution in [0.25, 0.3) is 0 Å². The van der Waals surface area contributed by atoms with Gasteiger partial charge in [-0.25, -0.2) is 0 Å². The van der Waals surface area contributed by atoms with Gasteiger partial charge in [-0.3, -0.25) is 9.69 Å². The zero-order valence-corrected chi connectivity index (χ0v) is 12.9. The van der Waals surface area contributed by atoms with Gasteiger partial charge in [-0.1, -0.05) is 12.1 Å². The Kier molecular flexibility index (Phi) is 6.17. The molecule has 2 N–H and O–H groups in total. The van der Waals surface area contributed by atoms with E-state index < -0.39 is 0 Å². The average Bonchev–Trinajstić information content (AvgIpc) is 2.53. The van der Waals surface area contributed by atoms with Crippen LogP contribution in [-0.4, -0.2) is 56.7 Å². The number of rotatable bonds is 6. The van der Waals surface area contributed by atoms with Crippen molar-refractivity contribution in [2.75, 3.05) is 39.9 Å². The van der Waals surface area contributed by atoms with Crippen LogP contribution in [0.5, 0.6) is 0 Å². The van der Waals surface area contributed by atoms with E-state index in [1.165, 1.54) is 5.56 Å². The minimum Gasteiger partial charge on any atom is -0.379 e. The summed E-state index contributed by atoms with van der Waals surface area (Å²) in [6, 6.07) is 8.14. The Morgan fingerprint density at radius 3 is 2.86 bits per heavy atom. The van der Waals surface area contributed by atoms with Crippen LogP contribution in [0, 0.1) is 0 Å². The third-order valence-electron chi connectivity index (χ3n) is 3.76. The molecule has 116 valence electrons. The Labute approximate surface area is 126 Å². The van der Waals surface area contributed by atoms with Gasteiger partial charge in [0.15, 0.2) is 0 Å². The third kappa shape index (κ3) is 5.12. The van der Waals surface area contributed by atoms with Crippen LogP contribution in [0.15, 0.2) is 24.3 Å². The van der Waals surface area contributed by atoms with Crippen LogP contribution in [0.1, 0.15) is 22.8 Å². The summed E-state index contributed by atoms with van der Waals surface area (Å²) in [4.78, 5) is 14.5. The molecule has 1 heterocycles. The quantitative estimate of drug-likeness (QED) is 0.816. The number of hydrogen-bond donors (Lipinski definition) is 2. The van der Waals surface area contributed by atoms with Gasteiger partial charge in [0.05, 0.1) is 13.2 Å². The number of carbonyl (C=O) groups is 1. The van der Waals surface area contributed by atoms with E-state index >= 15 is 0 Å². The van der Waals surface area contributed by atoms with Gasteiger partial charge in [-0.05, 0) is 31.7 Å². The lowest BCUT2D eigenvalue weighted by Crippen LogP contribution is -2.37.